The minimum absolute atomic E-state index is 0.587. The second-order valence-electron chi connectivity index (χ2n) is 1.91. The molecule has 3 heteroatoms. The smallest absolute Gasteiger partial charge is 0.136 e. The van der Waals surface area contributed by atoms with Gasteiger partial charge in [-0.05, 0) is 12.1 Å². The van der Waals surface area contributed by atoms with E-state index < -0.39 is 0 Å². The predicted octanol–water partition coefficient (Wildman–Crippen LogP) is 2.33. The van der Waals surface area contributed by atoms with Crippen LogP contribution in [0.15, 0.2) is 24.3 Å². The highest BCUT2D eigenvalue weighted by molar-refractivity contribution is 6.24. The standard InChI is InChI=1S/C8H6ClN2/c9-6-11-8-4-2-1-3-7(8)5-10/h1-4,6,11H. The summed E-state index contributed by atoms with van der Waals surface area (Å²) >= 11 is 5.32. The summed E-state index contributed by atoms with van der Waals surface area (Å²) < 4.78 is 0. The number of para-hydroxylation sites is 1. The number of benzene rings is 1. The number of anilines is 1. The fraction of sp³-hybridized carbons (Fsp3) is 0. The monoisotopic (exact) mass is 165 g/mol. The molecule has 55 valence electrons. The van der Waals surface area contributed by atoms with Crippen LogP contribution in [0.3, 0.4) is 0 Å². The minimum Gasteiger partial charge on any atom is -0.365 e. The largest absolute Gasteiger partial charge is 0.365 e. The summed E-state index contributed by atoms with van der Waals surface area (Å²) in [4.78, 5) is 0. The van der Waals surface area contributed by atoms with Crippen molar-refractivity contribution in [3.63, 3.8) is 0 Å². The van der Waals surface area contributed by atoms with Crippen molar-refractivity contribution in [3.05, 3.63) is 35.8 Å². The Kier molecular flexibility index (Phi) is 2.76. The molecule has 0 amide bonds. The zero-order valence-electron chi connectivity index (χ0n) is 5.71. The molecule has 1 rings (SSSR count). The fourth-order valence-electron chi connectivity index (χ4n) is 0.765. The number of nitrogens with zero attached hydrogens (tertiary/aromatic N) is 1. The highest BCUT2D eigenvalue weighted by Crippen LogP contribution is 2.13. The molecule has 1 aromatic carbocycles. The van der Waals surface area contributed by atoms with Crippen LogP contribution in [0.2, 0.25) is 0 Å². The molecule has 1 radical (unpaired) electrons. The van der Waals surface area contributed by atoms with E-state index in [2.05, 4.69) is 5.32 Å². The van der Waals surface area contributed by atoms with Crippen molar-refractivity contribution in [2.45, 2.75) is 0 Å². The molecule has 0 fully saturated rings. The summed E-state index contributed by atoms with van der Waals surface area (Å²) in [6.45, 7) is 0. The third kappa shape index (κ3) is 1.86. The molecule has 2 nitrogen and oxygen atoms in total. The second kappa shape index (κ2) is 3.85. The van der Waals surface area contributed by atoms with Crippen molar-refractivity contribution in [2.75, 3.05) is 5.32 Å². The maximum Gasteiger partial charge on any atom is 0.136 e. The molecule has 0 atom stereocenters. The molecule has 0 aliphatic carbocycles. The zero-order chi connectivity index (χ0) is 8.10. The summed E-state index contributed by atoms with van der Waals surface area (Å²) in [6.07, 6.45) is 0. The first-order chi connectivity index (χ1) is 5.38. The van der Waals surface area contributed by atoms with Gasteiger partial charge in [-0.3, -0.25) is 0 Å². The lowest BCUT2D eigenvalue weighted by Gasteiger charge is -2.01. The number of rotatable bonds is 2. The Morgan fingerprint density at radius 1 is 1.45 bits per heavy atom. The van der Waals surface area contributed by atoms with Crippen LogP contribution in [0.5, 0.6) is 0 Å². The third-order valence-corrected chi connectivity index (χ3v) is 1.37. The molecule has 0 spiro atoms. The van der Waals surface area contributed by atoms with Gasteiger partial charge in [0.2, 0.25) is 0 Å². The van der Waals surface area contributed by atoms with E-state index >= 15 is 0 Å². The number of nitriles is 1. The van der Waals surface area contributed by atoms with Crippen LogP contribution in [0.4, 0.5) is 5.69 Å². The molecule has 0 aromatic heterocycles. The SMILES string of the molecule is N#Cc1ccccc1N[CH]Cl. The van der Waals surface area contributed by atoms with E-state index in [9.17, 15) is 0 Å². The van der Waals surface area contributed by atoms with Crippen LogP contribution in [0, 0.1) is 17.3 Å². The second-order valence-corrected chi connectivity index (χ2v) is 2.13. The van der Waals surface area contributed by atoms with E-state index in [0.29, 0.717) is 5.56 Å². The average molecular weight is 166 g/mol. The number of nitrogens with one attached hydrogen (secondary N) is 1. The molecule has 1 aromatic rings. The molecule has 0 aliphatic rings. The predicted molar refractivity (Wildman–Crippen MR) is 44.9 cm³/mol. The van der Waals surface area contributed by atoms with Gasteiger partial charge in [-0.2, -0.15) is 5.26 Å². The Morgan fingerprint density at radius 2 is 2.18 bits per heavy atom. The van der Waals surface area contributed by atoms with Crippen LogP contribution >= 0.6 is 11.6 Å². The van der Waals surface area contributed by atoms with Crippen molar-refractivity contribution in [3.8, 4) is 6.07 Å². The highest BCUT2D eigenvalue weighted by Gasteiger charge is 1.96. The third-order valence-electron chi connectivity index (χ3n) is 1.26. The van der Waals surface area contributed by atoms with E-state index in [1.54, 1.807) is 18.2 Å². The molecule has 0 saturated heterocycles. The highest BCUT2D eigenvalue weighted by atomic mass is 35.5. The topological polar surface area (TPSA) is 35.8 Å². The lowest BCUT2D eigenvalue weighted by atomic mass is 10.2. The molecule has 0 bridgehead atoms. The Balaban J connectivity index is 2.95. The Morgan fingerprint density at radius 3 is 2.82 bits per heavy atom. The maximum absolute atomic E-state index is 8.60. The van der Waals surface area contributed by atoms with Crippen LogP contribution in [-0.4, -0.2) is 0 Å². The van der Waals surface area contributed by atoms with Gasteiger partial charge >= 0.3 is 0 Å². The van der Waals surface area contributed by atoms with E-state index in [1.807, 2.05) is 12.1 Å². The van der Waals surface area contributed by atoms with Crippen LogP contribution in [0.25, 0.3) is 0 Å². The van der Waals surface area contributed by atoms with E-state index in [-0.39, 0.29) is 0 Å². The average Bonchev–Trinajstić information content (AvgIpc) is 2.06. The van der Waals surface area contributed by atoms with Gasteiger partial charge in [-0.25, -0.2) is 0 Å². The summed E-state index contributed by atoms with van der Waals surface area (Å²) in [7, 11) is 0. The Labute approximate surface area is 70.4 Å². The van der Waals surface area contributed by atoms with Crippen LogP contribution < -0.4 is 5.32 Å². The van der Waals surface area contributed by atoms with Gasteiger partial charge in [0, 0.05) is 0 Å². The lowest BCUT2D eigenvalue weighted by Crippen LogP contribution is -1.91. The van der Waals surface area contributed by atoms with Crippen molar-refractivity contribution in [1.82, 2.24) is 0 Å². The summed E-state index contributed by atoms with van der Waals surface area (Å²) in [6, 6.07) is 10.5. The van der Waals surface area contributed by atoms with Gasteiger partial charge in [-0.1, -0.05) is 23.7 Å². The van der Waals surface area contributed by atoms with E-state index in [0.717, 1.165) is 5.69 Å². The summed E-state index contributed by atoms with van der Waals surface area (Å²) in [5, 5.41) is 11.3. The molecular formula is C8H6ClN2. The Bertz CT molecular complexity index is 278. The molecule has 0 aliphatic heterocycles. The van der Waals surface area contributed by atoms with E-state index in [1.165, 1.54) is 6.00 Å². The van der Waals surface area contributed by atoms with Gasteiger partial charge in [-0.15, -0.1) is 0 Å². The van der Waals surface area contributed by atoms with Crippen molar-refractivity contribution in [2.24, 2.45) is 0 Å². The van der Waals surface area contributed by atoms with Gasteiger partial charge in [0.15, 0.2) is 0 Å². The quantitative estimate of drug-likeness (QED) is 0.683. The number of hydrogen-bond donors (Lipinski definition) is 1. The van der Waals surface area contributed by atoms with Gasteiger partial charge in [0.05, 0.1) is 11.3 Å². The fourth-order valence-corrected chi connectivity index (χ4v) is 0.883. The van der Waals surface area contributed by atoms with Gasteiger partial charge in [0.1, 0.15) is 12.1 Å². The molecule has 0 saturated carbocycles. The van der Waals surface area contributed by atoms with Gasteiger partial charge in [0.25, 0.3) is 0 Å². The molecule has 1 N–H and O–H groups in total. The Hall–Kier alpha value is -1.20. The summed E-state index contributed by atoms with van der Waals surface area (Å²) in [5.74, 6) is 0. The normalized spacial score (nSPS) is 8.73. The van der Waals surface area contributed by atoms with Gasteiger partial charge < -0.3 is 5.32 Å². The first kappa shape index (κ1) is 7.90. The first-order valence-corrected chi connectivity index (χ1v) is 3.49. The zero-order valence-corrected chi connectivity index (χ0v) is 6.47. The molecule has 11 heavy (non-hydrogen) atoms. The lowest BCUT2D eigenvalue weighted by molar-refractivity contribution is 1.46. The molecular weight excluding hydrogens is 160 g/mol. The molecule has 0 unspecified atom stereocenters. The first-order valence-electron chi connectivity index (χ1n) is 3.06. The minimum atomic E-state index is 0.587. The van der Waals surface area contributed by atoms with Crippen molar-refractivity contribution < 1.29 is 0 Å². The van der Waals surface area contributed by atoms with Crippen molar-refractivity contribution >= 4 is 17.3 Å². The van der Waals surface area contributed by atoms with Crippen LogP contribution in [-0.2, 0) is 0 Å². The van der Waals surface area contributed by atoms with Crippen molar-refractivity contribution in [1.29, 1.82) is 5.26 Å². The number of halogens is 1. The number of hydrogen-bond acceptors (Lipinski definition) is 2. The van der Waals surface area contributed by atoms with E-state index in [4.69, 9.17) is 16.9 Å². The maximum atomic E-state index is 8.60. The molecule has 0 heterocycles. The summed E-state index contributed by atoms with van der Waals surface area (Å²) in [5.41, 5.74) is 1.31. The van der Waals surface area contributed by atoms with Crippen LogP contribution in [0.1, 0.15) is 5.56 Å².